The van der Waals surface area contributed by atoms with Crippen LogP contribution in [0.3, 0.4) is 0 Å². The molecule has 0 saturated heterocycles. The van der Waals surface area contributed by atoms with Gasteiger partial charge in [-0.15, -0.1) is 0 Å². The van der Waals surface area contributed by atoms with Crippen LogP contribution in [-0.4, -0.2) is 32.2 Å². The number of methoxy groups -OCH3 is 1. The molecule has 7 nitrogen and oxygen atoms in total. The Kier molecular flexibility index (Phi) is 7.20. The van der Waals surface area contributed by atoms with Crippen molar-refractivity contribution in [1.29, 1.82) is 0 Å². The predicted octanol–water partition coefficient (Wildman–Crippen LogP) is 5.48. The van der Waals surface area contributed by atoms with Crippen molar-refractivity contribution in [3.63, 3.8) is 0 Å². The van der Waals surface area contributed by atoms with E-state index in [1.807, 2.05) is 0 Å². The maximum atomic E-state index is 13.2. The molecule has 4 rings (SSSR count). The molecule has 2 aromatic carbocycles. The standard InChI is InChI=1S/C23H20ClFN2O5S2/c1-31-19-11-10-18(24)22-21(19)26-23(33-22)27(14-16-4-2-12-32-16)20(28)5-3-13-34(29,30)17-8-6-15(25)7-9-17/h2,4,6-12H,3,5,13-14H2,1H3. The number of carbonyl (C=O) groups excluding carboxylic acids is 1. The van der Waals surface area contributed by atoms with Gasteiger partial charge in [-0.1, -0.05) is 22.9 Å². The zero-order chi connectivity index (χ0) is 24.3. The van der Waals surface area contributed by atoms with Gasteiger partial charge in [0.05, 0.1) is 40.3 Å². The Balaban J connectivity index is 1.55. The number of rotatable bonds is 9. The summed E-state index contributed by atoms with van der Waals surface area (Å²) in [5.74, 6) is -0.0178. The number of nitrogens with zero attached hydrogens (tertiary/aromatic N) is 2. The molecule has 0 saturated carbocycles. The number of sulfone groups is 1. The van der Waals surface area contributed by atoms with Crippen LogP contribution in [0.4, 0.5) is 9.52 Å². The summed E-state index contributed by atoms with van der Waals surface area (Å²) in [5.41, 5.74) is 0.533. The first kappa shape index (κ1) is 24.2. The minimum Gasteiger partial charge on any atom is -0.494 e. The second-order valence-corrected chi connectivity index (χ2v) is 10.9. The molecule has 0 spiro atoms. The minimum absolute atomic E-state index is 0.0155. The fourth-order valence-corrected chi connectivity index (χ4v) is 5.93. The molecule has 1 amide bonds. The second kappa shape index (κ2) is 10.1. The van der Waals surface area contributed by atoms with Crippen molar-refractivity contribution in [1.82, 2.24) is 4.98 Å². The topological polar surface area (TPSA) is 89.7 Å². The molecule has 0 bridgehead atoms. The van der Waals surface area contributed by atoms with E-state index in [9.17, 15) is 17.6 Å². The monoisotopic (exact) mass is 522 g/mol. The summed E-state index contributed by atoms with van der Waals surface area (Å²) in [6.07, 6.45) is 1.55. The summed E-state index contributed by atoms with van der Waals surface area (Å²) in [4.78, 5) is 19.2. The largest absolute Gasteiger partial charge is 0.494 e. The van der Waals surface area contributed by atoms with Gasteiger partial charge in [-0.2, -0.15) is 0 Å². The first-order chi connectivity index (χ1) is 16.3. The van der Waals surface area contributed by atoms with Crippen LogP contribution >= 0.6 is 22.9 Å². The van der Waals surface area contributed by atoms with Crippen LogP contribution in [0.25, 0.3) is 10.2 Å². The average molecular weight is 523 g/mol. The molecule has 0 atom stereocenters. The Morgan fingerprint density at radius 1 is 1.21 bits per heavy atom. The van der Waals surface area contributed by atoms with E-state index in [0.29, 0.717) is 31.9 Å². The molecule has 34 heavy (non-hydrogen) atoms. The van der Waals surface area contributed by atoms with E-state index in [1.165, 1.54) is 41.7 Å². The number of ether oxygens (including phenoxy) is 1. The van der Waals surface area contributed by atoms with Gasteiger partial charge in [0.1, 0.15) is 22.8 Å². The Hall–Kier alpha value is -2.95. The highest BCUT2D eigenvalue weighted by Gasteiger charge is 2.24. The van der Waals surface area contributed by atoms with Crippen molar-refractivity contribution in [2.75, 3.05) is 17.8 Å². The number of benzene rings is 2. The van der Waals surface area contributed by atoms with Gasteiger partial charge in [-0.25, -0.2) is 17.8 Å². The Morgan fingerprint density at radius 3 is 2.65 bits per heavy atom. The van der Waals surface area contributed by atoms with Crippen LogP contribution in [0.1, 0.15) is 18.6 Å². The van der Waals surface area contributed by atoms with E-state index in [1.54, 1.807) is 24.3 Å². The summed E-state index contributed by atoms with van der Waals surface area (Å²) < 4.78 is 49.7. The third kappa shape index (κ3) is 5.24. The number of amides is 1. The number of furan rings is 1. The van der Waals surface area contributed by atoms with Crippen LogP contribution in [0.15, 0.2) is 64.1 Å². The van der Waals surface area contributed by atoms with E-state index in [4.69, 9.17) is 20.8 Å². The lowest BCUT2D eigenvalue weighted by Gasteiger charge is -2.18. The van der Waals surface area contributed by atoms with Gasteiger partial charge in [0, 0.05) is 6.42 Å². The van der Waals surface area contributed by atoms with Crippen LogP contribution < -0.4 is 9.64 Å². The first-order valence-corrected chi connectivity index (χ1v) is 13.1. The molecule has 11 heteroatoms. The normalized spacial score (nSPS) is 11.6. The molecule has 178 valence electrons. The van der Waals surface area contributed by atoms with E-state index >= 15 is 0 Å². The zero-order valence-corrected chi connectivity index (χ0v) is 20.4. The minimum atomic E-state index is -3.65. The highest BCUT2D eigenvalue weighted by atomic mass is 35.5. The summed E-state index contributed by atoms with van der Waals surface area (Å²) in [5, 5.41) is 0.875. The van der Waals surface area contributed by atoms with E-state index in [0.717, 1.165) is 12.1 Å². The van der Waals surface area contributed by atoms with Crippen LogP contribution in [0.5, 0.6) is 5.75 Å². The molecule has 0 N–H and O–H groups in total. The number of halogens is 2. The van der Waals surface area contributed by atoms with E-state index in [2.05, 4.69) is 4.98 Å². The number of carbonyl (C=O) groups is 1. The summed E-state index contributed by atoms with van der Waals surface area (Å²) in [6, 6.07) is 11.5. The van der Waals surface area contributed by atoms with Crippen LogP contribution in [-0.2, 0) is 21.2 Å². The smallest absolute Gasteiger partial charge is 0.229 e. The fourth-order valence-electron chi connectivity index (χ4n) is 3.35. The Morgan fingerprint density at radius 2 is 1.97 bits per heavy atom. The lowest BCUT2D eigenvalue weighted by atomic mass is 10.3. The first-order valence-electron chi connectivity index (χ1n) is 10.2. The van der Waals surface area contributed by atoms with Gasteiger partial charge in [0.15, 0.2) is 15.0 Å². The van der Waals surface area contributed by atoms with Crippen molar-refractivity contribution in [3.05, 3.63) is 71.4 Å². The molecule has 0 fully saturated rings. The van der Waals surface area contributed by atoms with Gasteiger partial charge in [0.25, 0.3) is 0 Å². The SMILES string of the molecule is COc1ccc(Cl)c2sc(N(Cc3ccco3)C(=O)CCCS(=O)(=O)c3ccc(F)cc3)nc12. The predicted molar refractivity (Wildman–Crippen MR) is 129 cm³/mol. The molecular formula is C23H20ClFN2O5S2. The maximum Gasteiger partial charge on any atom is 0.229 e. The molecule has 0 unspecified atom stereocenters. The summed E-state index contributed by atoms with van der Waals surface area (Å²) in [7, 11) is -2.13. The number of fused-ring (bicyclic) bond motifs is 1. The Bertz CT molecular complexity index is 1400. The average Bonchev–Trinajstić information content (AvgIpc) is 3.48. The molecular weight excluding hydrogens is 503 g/mol. The fraction of sp³-hybridized carbons (Fsp3) is 0.217. The summed E-state index contributed by atoms with van der Waals surface area (Å²) >= 11 is 7.57. The zero-order valence-electron chi connectivity index (χ0n) is 18.0. The number of anilines is 1. The molecule has 2 aromatic heterocycles. The van der Waals surface area contributed by atoms with Gasteiger partial charge < -0.3 is 9.15 Å². The molecule has 2 heterocycles. The van der Waals surface area contributed by atoms with Crippen molar-refractivity contribution >= 4 is 54.0 Å². The summed E-state index contributed by atoms with van der Waals surface area (Å²) in [6.45, 7) is 0.121. The van der Waals surface area contributed by atoms with Gasteiger partial charge in [-0.3, -0.25) is 9.69 Å². The molecule has 0 aliphatic carbocycles. The maximum absolute atomic E-state index is 13.2. The van der Waals surface area contributed by atoms with Gasteiger partial charge >= 0.3 is 0 Å². The van der Waals surface area contributed by atoms with Crippen LogP contribution in [0.2, 0.25) is 5.02 Å². The molecule has 0 aliphatic rings. The van der Waals surface area contributed by atoms with E-state index in [-0.39, 0.29) is 35.9 Å². The highest BCUT2D eigenvalue weighted by molar-refractivity contribution is 7.91. The van der Waals surface area contributed by atoms with Crippen molar-refractivity contribution in [3.8, 4) is 5.75 Å². The molecule has 0 aliphatic heterocycles. The lowest BCUT2D eigenvalue weighted by molar-refractivity contribution is -0.118. The number of aromatic nitrogens is 1. The molecule has 4 aromatic rings. The third-order valence-electron chi connectivity index (χ3n) is 5.07. The van der Waals surface area contributed by atoms with Crippen LogP contribution in [0, 0.1) is 5.82 Å². The number of thiazole rings is 1. The van der Waals surface area contributed by atoms with E-state index < -0.39 is 15.7 Å². The van der Waals surface area contributed by atoms with Crippen molar-refractivity contribution < 1.29 is 26.8 Å². The second-order valence-electron chi connectivity index (χ2n) is 7.36. The van der Waals surface area contributed by atoms with Gasteiger partial charge in [0.2, 0.25) is 5.91 Å². The quantitative estimate of drug-likeness (QED) is 0.270. The highest BCUT2D eigenvalue weighted by Crippen LogP contribution is 2.39. The van der Waals surface area contributed by atoms with Crippen molar-refractivity contribution in [2.45, 2.75) is 24.3 Å². The van der Waals surface area contributed by atoms with Gasteiger partial charge in [-0.05, 0) is 55.0 Å². The lowest BCUT2D eigenvalue weighted by Crippen LogP contribution is -2.30. The number of hydrogen-bond acceptors (Lipinski definition) is 7. The number of hydrogen-bond donors (Lipinski definition) is 0. The Labute approximate surface area is 204 Å². The van der Waals surface area contributed by atoms with Crippen molar-refractivity contribution in [2.24, 2.45) is 0 Å². The molecule has 0 radical (unpaired) electrons. The third-order valence-corrected chi connectivity index (χ3v) is 8.42.